The highest BCUT2D eigenvalue weighted by atomic mass is 16.3. The van der Waals surface area contributed by atoms with Crippen LogP contribution >= 0.6 is 0 Å². The van der Waals surface area contributed by atoms with E-state index in [1.54, 1.807) is 13.0 Å². The molecule has 5 nitrogen and oxygen atoms in total. The van der Waals surface area contributed by atoms with Crippen molar-refractivity contribution in [1.82, 2.24) is 10.6 Å². The minimum Gasteiger partial charge on any atom is -0.459 e. The van der Waals surface area contributed by atoms with Gasteiger partial charge in [-0.15, -0.1) is 0 Å². The lowest BCUT2D eigenvalue weighted by Crippen LogP contribution is -2.45. The Bertz CT molecular complexity index is 416. The molecule has 0 radical (unpaired) electrons. The van der Waals surface area contributed by atoms with Crippen LogP contribution in [0.4, 0.5) is 0 Å². The Morgan fingerprint density at radius 2 is 2.00 bits per heavy atom. The maximum absolute atomic E-state index is 11.6. The minimum atomic E-state index is -0.378. The van der Waals surface area contributed by atoms with Gasteiger partial charge < -0.3 is 15.1 Å². The maximum atomic E-state index is 11.6. The van der Waals surface area contributed by atoms with Crippen molar-refractivity contribution in [3.63, 3.8) is 0 Å². The van der Waals surface area contributed by atoms with E-state index >= 15 is 0 Å². The third-order valence-corrected chi connectivity index (χ3v) is 1.99. The molecule has 1 rings (SSSR count). The van der Waals surface area contributed by atoms with Crippen LogP contribution < -0.4 is 10.6 Å². The van der Waals surface area contributed by atoms with Crippen molar-refractivity contribution in [3.8, 4) is 0 Å². The second-order valence-corrected chi connectivity index (χ2v) is 4.91. The van der Waals surface area contributed by atoms with Gasteiger partial charge in [-0.2, -0.15) is 0 Å². The van der Waals surface area contributed by atoms with Crippen LogP contribution in [0.15, 0.2) is 16.7 Å². The Balaban J connectivity index is 2.45. The molecule has 1 aromatic rings. The molecule has 0 aromatic carbocycles. The van der Waals surface area contributed by atoms with E-state index in [1.165, 1.54) is 6.26 Å². The molecule has 0 saturated heterocycles. The molecule has 0 saturated carbocycles. The van der Waals surface area contributed by atoms with E-state index in [0.717, 1.165) is 5.56 Å². The van der Waals surface area contributed by atoms with Gasteiger partial charge in [0, 0.05) is 11.1 Å². The molecule has 0 spiro atoms. The molecule has 1 heterocycles. The number of rotatable bonds is 3. The number of carbonyl (C=O) groups excluding carboxylic acids is 2. The molecule has 0 fully saturated rings. The lowest BCUT2D eigenvalue weighted by Gasteiger charge is -2.20. The zero-order chi connectivity index (χ0) is 13.1. The number of furan rings is 1. The largest absolute Gasteiger partial charge is 0.459 e. The summed E-state index contributed by atoms with van der Waals surface area (Å²) in [6, 6.07) is 1.70. The molecule has 1 aromatic heterocycles. The summed E-state index contributed by atoms with van der Waals surface area (Å²) in [5.74, 6) is -0.361. The number of amides is 2. The quantitative estimate of drug-likeness (QED) is 0.832. The van der Waals surface area contributed by atoms with Crippen molar-refractivity contribution >= 4 is 11.8 Å². The summed E-state index contributed by atoms with van der Waals surface area (Å²) in [4.78, 5) is 23.1. The molecule has 5 heteroatoms. The average Bonchev–Trinajstić information content (AvgIpc) is 2.58. The standard InChI is InChI=1S/C12H18N2O3/c1-8-5-6-17-10(8)11(16)13-7-9(15)14-12(2,3)4/h5-6H,7H2,1-4H3,(H,13,16)(H,14,15). The Kier molecular flexibility index (Phi) is 3.93. The van der Waals surface area contributed by atoms with E-state index in [1.807, 2.05) is 20.8 Å². The topological polar surface area (TPSA) is 71.3 Å². The Morgan fingerprint density at radius 1 is 1.35 bits per heavy atom. The fourth-order valence-electron chi connectivity index (χ4n) is 1.31. The lowest BCUT2D eigenvalue weighted by atomic mass is 10.1. The first-order chi connectivity index (χ1) is 7.79. The second-order valence-electron chi connectivity index (χ2n) is 4.91. The van der Waals surface area contributed by atoms with Crippen LogP contribution in [-0.2, 0) is 4.79 Å². The van der Waals surface area contributed by atoms with Crippen LogP contribution in [0, 0.1) is 6.92 Å². The fraction of sp³-hybridized carbons (Fsp3) is 0.500. The highest BCUT2D eigenvalue weighted by Gasteiger charge is 2.16. The summed E-state index contributed by atoms with van der Waals surface area (Å²) < 4.78 is 5.02. The molecule has 0 aliphatic rings. The van der Waals surface area contributed by atoms with Crippen LogP contribution in [0.1, 0.15) is 36.9 Å². The van der Waals surface area contributed by atoms with Crippen molar-refractivity contribution in [1.29, 1.82) is 0 Å². The maximum Gasteiger partial charge on any atom is 0.287 e. The van der Waals surface area contributed by atoms with E-state index < -0.39 is 0 Å². The molecule has 0 aliphatic heterocycles. The van der Waals surface area contributed by atoms with Gasteiger partial charge in [-0.05, 0) is 33.8 Å². The molecule has 0 aliphatic carbocycles. The first-order valence-electron chi connectivity index (χ1n) is 5.43. The number of hydrogen-bond donors (Lipinski definition) is 2. The average molecular weight is 238 g/mol. The van der Waals surface area contributed by atoms with Gasteiger partial charge in [-0.3, -0.25) is 9.59 Å². The van der Waals surface area contributed by atoms with Gasteiger partial charge >= 0.3 is 0 Å². The van der Waals surface area contributed by atoms with Gasteiger partial charge in [0.25, 0.3) is 5.91 Å². The molecular formula is C12H18N2O3. The predicted molar refractivity (Wildman–Crippen MR) is 63.7 cm³/mol. The van der Waals surface area contributed by atoms with Crippen molar-refractivity contribution in [2.24, 2.45) is 0 Å². The van der Waals surface area contributed by atoms with Gasteiger partial charge in [0.2, 0.25) is 5.91 Å². The van der Waals surface area contributed by atoms with Gasteiger partial charge in [-0.25, -0.2) is 0 Å². The van der Waals surface area contributed by atoms with E-state index in [2.05, 4.69) is 10.6 Å². The SMILES string of the molecule is Cc1ccoc1C(=O)NCC(=O)NC(C)(C)C. The summed E-state index contributed by atoms with van der Waals surface area (Å²) in [5, 5.41) is 5.25. The minimum absolute atomic E-state index is 0.0593. The predicted octanol–water partition coefficient (Wildman–Crippen LogP) is 1.23. The van der Waals surface area contributed by atoms with Gasteiger partial charge in [-0.1, -0.05) is 0 Å². The van der Waals surface area contributed by atoms with Crippen LogP contribution in [0.5, 0.6) is 0 Å². The van der Waals surface area contributed by atoms with Crippen molar-refractivity contribution < 1.29 is 14.0 Å². The summed E-state index contributed by atoms with van der Waals surface area (Å²) in [5.41, 5.74) is 0.446. The van der Waals surface area contributed by atoms with E-state index in [0.29, 0.717) is 0 Å². The first-order valence-corrected chi connectivity index (χ1v) is 5.43. The smallest absolute Gasteiger partial charge is 0.287 e. The van der Waals surface area contributed by atoms with E-state index in [9.17, 15) is 9.59 Å². The van der Waals surface area contributed by atoms with Crippen molar-refractivity contribution in [2.75, 3.05) is 6.54 Å². The molecule has 2 N–H and O–H groups in total. The van der Waals surface area contributed by atoms with Crippen LogP contribution in [0.2, 0.25) is 0 Å². The Hall–Kier alpha value is -1.78. The molecule has 0 unspecified atom stereocenters. The number of aryl methyl sites for hydroxylation is 1. The third kappa shape index (κ3) is 4.30. The Labute approximate surface area is 101 Å². The second kappa shape index (κ2) is 5.03. The monoisotopic (exact) mass is 238 g/mol. The fourth-order valence-corrected chi connectivity index (χ4v) is 1.31. The normalized spacial score (nSPS) is 11.1. The molecular weight excluding hydrogens is 220 g/mol. The summed E-state index contributed by atoms with van der Waals surface area (Å²) in [6.45, 7) is 7.35. The number of carbonyl (C=O) groups is 2. The molecule has 94 valence electrons. The molecule has 2 amide bonds. The van der Waals surface area contributed by atoms with Crippen LogP contribution in [-0.4, -0.2) is 23.9 Å². The summed E-state index contributed by atoms with van der Waals surface area (Å²) in [6.07, 6.45) is 1.44. The molecule has 17 heavy (non-hydrogen) atoms. The van der Waals surface area contributed by atoms with Gasteiger partial charge in [0.05, 0.1) is 12.8 Å². The summed E-state index contributed by atoms with van der Waals surface area (Å²) in [7, 11) is 0. The van der Waals surface area contributed by atoms with Crippen molar-refractivity contribution in [3.05, 3.63) is 23.7 Å². The number of hydrogen-bond acceptors (Lipinski definition) is 3. The molecule has 0 bridgehead atoms. The van der Waals surface area contributed by atoms with Crippen LogP contribution in [0.25, 0.3) is 0 Å². The van der Waals surface area contributed by atoms with E-state index in [4.69, 9.17) is 4.42 Å². The summed E-state index contributed by atoms with van der Waals surface area (Å²) >= 11 is 0. The zero-order valence-electron chi connectivity index (χ0n) is 10.6. The lowest BCUT2D eigenvalue weighted by molar-refractivity contribution is -0.121. The number of nitrogens with one attached hydrogen (secondary N) is 2. The highest BCUT2D eigenvalue weighted by Crippen LogP contribution is 2.07. The first kappa shape index (κ1) is 13.3. The third-order valence-electron chi connectivity index (χ3n) is 1.99. The van der Waals surface area contributed by atoms with Crippen LogP contribution in [0.3, 0.4) is 0 Å². The van der Waals surface area contributed by atoms with Gasteiger partial charge in [0.15, 0.2) is 5.76 Å². The molecule has 0 atom stereocenters. The Morgan fingerprint density at radius 3 is 2.47 bits per heavy atom. The van der Waals surface area contributed by atoms with Gasteiger partial charge in [0.1, 0.15) is 0 Å². The highest BCUT2D eigenvalue weighted by molar-refractivity contribution is 5.95. The van der Waals surface area contributed by atoms with Crippen molar-refractivity contribution in [2.45, 2.75) is 33.2 Å². The van der Waals surface area contributed by atoms with E-state index in [-0.39, 0.29) is 29.7 Å². The zero-order valence-corrected chi connectivity index (χ0v) is 10.6.